The minimum Gasteiger partial charge on any atom is -0.489 e. The van der Waals surface area contributed by atoms with E-state index in [1.165, 1.54) is 11.8 Å². The maximum absolute atomic E-state index is 12.4. The summed E-state index contributed by atoms with van der Waals surface area (Å²) in [6.45, 7) is 0.932. The van der Waals surface area contributed by atoms with Crippen LogP contribution in [0.1, 0.15) is 11.1 Å². The molecule has 0 unspecified atom stereocenters. The highest BCUT2D eigenvalue weighted by atomic mass is 32.2. The van der Waals surface area contributed by atoms with Crippen molar-refractivity contribution in [2.45, 2.75) is 18.0 Å². The molecule has 1 heterocycles. The summed E-state index contributed by atoms with van der Waals surface area (Å²) in [5, 5.41) is 2.90. The fraction of sp³-hybridized carbons (Fsp3) is 0.167. The van der Waals surface area contributed by atoms with Crippen molar-refractivity contribution in [1.82, 2.24) is 5.32 Å². The van der Waals surface area contributed by atoms with E-state index in [9.17, 15) is 9.59 Å². The minimum absolute atomic E-state index is 0.0272. The van der Waals surface area contributed by atoms with Gasteiger partial charge in [0.15, 0.2) is 0 Å². The Kier molecular flexibility index (Phi) is 6.35. The van der Waals surface area contributed by atoms with Crippen LogP contribution in [-0.2, 0) is 22.7 Å². The first-order valence-corrected chi connectivity index (χ1v) is 10.7. The molecule has 0 spiro atoms. The van der Waals surface area contributed by atoms with Gasteiger partial charge in [-0.25, -0.2) is 0 Å². The van der Waals surface area contributed by atoms with Gasteiger partial charge in [0.2, 0.25) is 11.8 Å². The summed E-state index contributed by atoms with van der Waals surface area (Å²) in [4.78, 5) is 27.3. The molecule has 4 rings (SSSR count). The number of rotatable bonds is 7. The molecule has 1 N–H and O–H groups in total. The summed E-state index contributed by atoms with van der Waals surface area (Å²) < 4.78 is 5.74. The average molecular weight is 419 g/mol. The molecule has 6 heteroatoms. The fourth-order valence-electron chi connectivity index (χ4n) is 3.16. The molecular formula is C24H22N2O3S. The van der Waals surface area contributed by atoms with Gasteiger partial charge >= 0.3 is 0 Å². The molecule has 5 nitrogen and oxygen atoms in total. The normalized spacial score (nSPS) is 12.9. The Morgan fingerprint density at radius 2 is 1.63 bits per heavy atom. The van der Waals surface area contributed by atoms with Gasteiger partial charge in [0.25, 0.3) is 0 Å². The standard InChI is InChI=1S/C24H22N2O3S/c27-23(15-26-21-8-4-5-9-22(21)30-17-24(26)28)25-14-18-10-12-19(13-11-18)16-29-20-6-2-1-3-7-20/h1-13H,14-17H2,(H,25,27). The van der Waals surface area contributed by atoms with Crippen molar-refractivity contribution in [3.8, 4) is 5.75 Å². The van der Waals surface area contributed by atoms with Gasteiger partial charge in [-0.3, -0.25) is 9.59 Å². The molecular weight excluding hydrogens is 396 g/mol. The van der Waals surface area contributed by atoms with Gasteiger partial charge in [0.1, 0.15) is 18.9 Å². The van der Waals surface area contributed by atoms with Gasteiger partial charge in [-0.15, -0.1) is 11.8 Å². The number of carbonyl (C=O) groups is 2. The zero-order chi connectivity index (χ0) is 20.8. The van der Waals surface area contributed by atoms with E-state index in [1.807, 2.05) is 78.9 Å². The topological polar surface area (TPSA) is 58.6 Å². The van der Waals surface area contributed by atoms with Crippen molar-refractivity contribution in [3.63, 3.8) is 0 Å². The molecule has 0 saturated heterocycles. The van der Waals surface area contributed by atoms with E-state index < -0.39 is 0 Å². The second kappa shape index (κ2) is 9.50. The van der Waals surface area contributed by atoms with E-state index in [2.05, 4.69) is 5.32 Å². The van der Waals surface area contributed by atoms with Crippen molar-refractivity contribution >= 4 is 29.3 Å². The lowest BCUT2D eigenvalue weighted by Gasteiger charge is -2.28. The number of hydrogen-bond acceptors (Lipinski definition) is 4. The number of amides is 2. The Labute approximate surface area is 180 Å². The largest absolute Gasteiger partial charge is 0.489 e. The summed E-state index contributed by atoms with van der Waals surface area (Å²) in [6.07, 6.45) is 0. The van der Waals surface area contributed by atoms with Crippen LogP contribution in [-0.4, -0.2) is 24.1 Å². The molecule has 1 aliphatic rings. The summed E-state index contributed by atoms with van der Waals surface area (Å²) in [5.41, 5.74) is 2.85. The monoisotopic (exact) mass is 418 g/mol. The highest BCUT2D eigenvalue weighted by Crippen LogP contribution is 2.34. The second-order valence-electron chi connectivity index (χ2n) is 6.93. The summed E-state index contributed by atoms with van der Waals surface area (Å²) in [7, 11) is 0. The first-order chi connectivity index (χ1) is 14.7. The lowest BCUT2D eigenvalue weighted by molar-refractivity contribution is -0.123. The number of nitrogens with one attached hydrogen (secondary N) is 1. The fourth-order valence-corrected chi connectivity index (χ4v) is 4.10. The molecule has 152 valence electrons. The number of ether oxygens (including phenoxy) is 1. The number of fused-ring (bicyclic) bond motifs is 1. The van der Waals surface area contributed by atoms with Crippen LogP contribution < -0.4 is 15.0 Å². The number of nitrogens with zero attached hydrogens (tertiary/aromatic N) is 1. The average Bonchev–Trinajstić information content (AvgIpc) is 2.79. The third-order valence-corrected chi connectivity index (χ3v) is 5.82. The third-order valence-electron chi connectivity index (χ3n) is 4.77. The number of carbonyl (C=O) groups excluding carboxylic acids is 2. The number of benzene rings is 3. The number of thioether (sulfide) groups is 1. The molecule has 0 saturated carbocycles. The summed E-state index contributed by atoms with van der Waals surface area (Å²) in [6, 6.07) is 25.3. The van der Waals surface area contributed by atoms with Gasteiger partial charge in [-0.2, -0.15) is 0 Å². The van der Waals surface area contributed by atoms with Crippen LogP contribution in [0.15, 0.2) is 83.8 Å². The van der Waals surface area contributed by atoms with Gasteiger partial charge in [0, 0.05) is 11.4 Å². The first kappa shape index (κ1) is 20.0. The van der Waals surface area contributed by atoms with Crippen LogP contribution in [0.2, 0.25) is 0 Å². The molecule has 1 aliphatic heterocycles. The van der Waals surface area contributed by atoms with Gasteiger partial charge < -0.3 is 15.0 Å². The minimum atomic E-state index is -0.179. The van der Waals surface area contributed by atoms with E-state index >= 15 is 0 Å². The van der Waals surface area contributed by atoms with Crippen molar-refractivity contribution in [1.29, 1.82) is 0 Å². The van der Waals surface area contributed by atoms with Crippen LogP contribution in [0, 0.1) is 0 Å². The van der Waals surface area contributed by atoms with E-state index in [-0.39, 0.29) is 18.4 Å². The van der Waals surface area contributed by atoms with Crippen LogP contribution in [0.3, 0.4) is 0 Å². The van der Waals surface area contributed by atoms with E-state index in [1.54, 1.807) is 4.90 Å². The van der Waals surface area contributed by atoms with Crippen LogP contribution >= 0.6 is 11.8 Å². The molecule has 0 aliphatic carbocycles. The third kappa shape index (κ3) is 5.02. The van der Waals surface area contributed by atoms with Crippen molar-refractivity contribution in [2.75, 3.05) is 17.2 Å². The number of para-hydroxylation sites is 2. The van der Waals surface area contributed by atoms with Gasteiger partial charge in [0.05, 0.1) is 11.4 Å². The zero-order valence-corrected chi connectivity index (χ0v) is 17.2. The molecule has 3 aromatic carbocycles. The Morgan fingerprint density at radius 3 is 2.43 bits per heavy atom. The predicted molar refractivity (Wildman–Crippen MR) is 119 cm³/mol. The highest BCUT2D eigenvalue weighted by molar-refractivity contribution is 8.00. The maximum atomic E-state index is 12.4. The Morgan fingerprint density at radius 1 is 0.933 bits per heavy atom. The van der Waals surface area contributed by atoms with E-state index in [0.717, 1.165) is 27.5 Å². The van der Waals surface area contributed by atoms with Crippen LogP contribution in [0.4, 0.5) is 5.69 Å². The van der Waals surface area contributed by atoms with Crippen molar-refractivity contribution in [2.24, 2.45) is 0 Å². The lowest BCUT2D eigenvalue weighted by Crippen LogP contribution is -2.43. The molecule has 0 bridgehead atoms. The van der Waals surface area contributed by atoms with E-state index in [4.69, 9.17) is 4.74 Å². The van der Waals surface area contributed by atoms with Crippen molar-refractivity contribution in [3.05, 3.63) is 90.0 Å². The van der Waals surface area contributed by atoms with Gasteiger partial charge in [-0.05, 0) is 35.4 Å². The maximum Gasteiger partial charge on any atom is 0.240 e. The predicted octanol–water partition coefficient (Wildman–Crippen LogP) is 4.02. The summed E-state index contributed by atoms with van der Waals surface area (Å²) >= 11 is 1.51. The number of hydrogen-bond donors (Lipinski definition) is 1. The van der Waals surface area contributed by atoms with Crippen LogP contribution in [0.25, 0.3) is 0 Å². The van der Waals surface area contributed by atoms with E-state index in [0.29, 0.717) is 18.9 Å². The highest BCUT2D eigenvalue weighted by Gasteiger charge is 2.26. The lowest BCUT2D eigenvalue weighted by atomic mass is 10.1. The molecule has 0 radical (unpaired) electrons. The first-order valence-electron chi connectivity index (χ1n) is 9.73. The van der Waals surface area contributed by atoms with Gasteiger partial charge in [-0.1, -0.05) is 54.6 Å². The Hall–Kier alpha value is -3.25. The second-order valence-corrected chi connectivity index (χ2v) is 7.95. The SMILES string of the molecule is O=C(CN1C(=O)CSc2ccccc21)NCc1ccc(COc2ccccc2)cc1. The molecule has 0 aromatic heterocycles. The summed E-state index contributed by atoms with van der Waals surface area (Å²) in [5.74, 6) is 0.968. The van der Waals surface area contributed by atoms with Crippen molar-refractivity contribution < 1.29 is 14.3 Å². The zero-order valence-electron chi connectivity index (χ0n) is 16.4. The quantitative estimate of drug-likeness (QED) is 0.630. The molecule has 0 fully saturated rings. The van der Waals surface area contributed by atoms with Crippen LogP contribution in [0.5, 0.6) is 5.75 Å². The Balaban J connectivity index is 1.28. The number of anilines is 1. The Bertz CT molecular complexity index is 1020. The molecule has 30 heavy (non-hydrogen) atoms. The smallest absolute Gasteiger partial charge is 0.240 e. The molecule has 2 amide bonds. The molecule has 3 aromatic rings. The molecule has 0 atom stereocenters.